The van der Waals surface area contributed by atoms with E-state index >= 15 is 0 Å². The number of hydrogen-bond donors (Lipinski definition) is 1. The van der Waals surface area contributed by atoms with Crippen LogP contribution in [-0.2, 0) is 0 Å². The van der Waals surface area contributed by atoms with E-state index in [0.29, 0.717) is 21.7 Å². The normalized spacial score (nSPS) is 10.8. The lowest BCUT2D eigenvalue weighted by Crippen LogP contribution is -2.04. The van der Waals surface area contributed by atoms with Gasteiger partial charge in [-0.15, -0.1) is 5.10 Å². The highest BCUT2D eigenvalue weighted by molar-refractivity contribution is 9.10. The number of aromatic nitrogens is 4. The largest absolute Gasteiger partial charge is 0.398 e. The Bertz CT molecular complexity index is 795. The van der Waals surface area contributed by atoms with Gasteiger partial charge in [0, 0.05) is 21.8 Å². The van der Waals surface area contributed by atoms with Crippen LogP contribution < -0.4 is 5.73 Å². The lowest BCUT2D eigenvalue weighted by atomic mass is 10.1. The number of aryl methyl sites for hydroxylation is 1. The van der Waals surface area contributed by atoms with Crippen LogP contribution >= 0.6 is 15.9 Å². The standard InChI is InChI=1S/C14H11BrFN5/c1-8-3-2-4-11(17)13(8)14-18-19-20-21(14)12-7-9(16)5-6-10(12)15/h2-7H,17H2,1H3. The van der Waals surface area contributed by atoms with E-state index in [-0.39, 0.29) is 5.82 Å². The average molecular weight is 348 g/mol. The highest BCUT2D eigenvalue weighted by Crippen LogP contribution is 2.30. The summed E-state index contributed by atoms with van der Waals surface area (Å²) in [6, 6.07) is 9.89. The van der Waals surface area contributed by atoms with E-state index in [1.54, 1.807) is 12.1 Å². The van der Waals surface area contributed by atoms with Gasteiger partial charge in [-0.2, -0.15) is 4.68 Å². The molecule has 106 valence electrons. The molecule has 2 N–H and O–H groups in total. The predicted molar refractivity (Wildman–Crippen MR) is 81.4 cm³/mol. The number of anilines is 1. The number of nitrogens with zero attached hydrogens (tertiary/aromatic N) is 4. The average Bonchev–Trinajstić information content (AvgIpc) is 2.90. The van der Waals surface area contributed by atoms with Gasteiger partial charge in [-0.25, -0.2) is 4.39 Å². The minimum absolute atomic E-state index is 0.368. The molecule has 5 nitrogen and oxygen atoms in total. The van der Waals surface area contributed by atoms with E-state index in [2.05, 4.69) is 31.5 Å². The molecule has 0 fully saturated rings. The number of benzene rings is 2. The molecular formula is C14H11BrFN5. The van der Waals surface area contributed by atoms with Gasteiger partial charge in [0.1, 0.15) is 5.82 Å². The summed E-state index contributed by atoms with van der Waals surface area (Å²) in [6.07, 6.45) is 0. The van der Waals surface area contributed by atoms with Crippen molar-refractivity contribution in [2.45, 2.75) is 6.92 Å². The first kappa shape index (κ1) is 13.7. The number of halogens is 2. The van der Waals surface area contributed by atoms with Crippen molar-refractivity contribution >= 4 is 21.6 Å². The summed E-state index contributed by atoms with van der Waals surface area (Å²) in [7, 11) is 0. The predicted octanol–water partition coefficient (Wildman–Crippen LogP) is 3.12. The molecule has 0 unspecified atom stereocenters. The Morgan fingerprint density at radius 3 is 2.81 bits per heavy atom. The molecule has 0 aliphatic rings. The number of nitrogen functional groups attached to an aromatic ring is 1. The summed E-state index contributed by atoms with van der Waals surface area (Å²) in [6.45, 7) is 1.92. The Balaban J connectivity index is 2.25. The monoisotopic (exact) mass is 347 g/mol. The Hall–Kier alpha value is -2.28. The lowest BCUT2D eigenvalue weighted by Gasteiger charge is -2.10. The maximum atomic E-state index is 13.5. The molecule has 0 aliphatic carbocycles. The van der Waals surface area contributed by atoms with Gasteiger partial charge in [0.15, 0.2) is 5.82 Å². The third-order valence-electron chi connectivity index (χ3n) is 3.13. The summed E-state index contributed by atoms with van der Waals surface area (Å²) in [4.78, 5) is 0. The third-order valence-corrected chi connectivity index (χ3v) is 3.81. The fourth-order valence-electron chi connectivity index (χ4n) is 2.15. The van der Waals surface area contributed by atoms with Gasteiger partial charge in [0.05, 0.1) is 5.69 Å². The SMILES string of the molecule is Cc1cccc(N)c1-c1nnnn1-c1cc(F)ccc1Br. The summed E-state index contributed by atoms with van der Waals surface area (Å²) < 4.78 is 15.7. The van der Waals surface area contributed by atoms with Crippen LogP contribution in [0.4, 0.5) is 10.1 Å². The van der Waals surface area contributed by atoms with Crippen LogP contribution in [0.15, 0.2) is 40.9 Å². The topological polar surface area (TPSA) is 69.6 Å². The Morgan fingerprint density at radius 2 is 2.05 bits per heavy atom. The van der Waals surface area contributed by atoms with Crippen LogP contribution in [0.5, 0.6) is 0 Å². The number of rotatable bonds is 2. The summed E-state index contributed by atoms with van der Waals surface area (Å²) in [5.74, 6) is 0.101. The van der Waals surface area contributed by atoms with Crippen molar-refractivity contribution in [2.75, 3.05) is 5.73 Å². The molecule has 7 heteroatoms. The first-order chi connectivity index (χ1) is 10.1. The zero-order valence-corrected chi connectivity index (χ0v) is 12.7. The zero-order chi connectivity index (χ0) is 15.0. The van der Waals surface area contributed by atoms with Crippen LogP contribution in [-0.4, -0.2) is 20.2 Å². The van der Waals surface area contributed by atoms with Gasteiger partial charge in [0.25, 0.3) is 0 Å². The smallest absolute Gasteiger partial charge is 0.189 e. The molecule has 21 heavy (non-hydrogen) atoms. The van der Waals surface area contributed by atoms with Crippen molar-refractivity contribution in [1.29, 1.82) is 0 Å². The van der Waals surface area contributed by atoms with E-state index in [1.807, 2.05) is 19.1 Å². The van der Waals surface area contributed by atoms with Crippen molar-refractivity contribution in [1.82, 2.24) is 20.2 Å². The first-order valence-corrected chi connectivity index (χ1v) is 6.96. The highest BCUT2D eigenvalue weighted by Gasteiger charge is 2.17. The second-order valence-electron chi connectivity index (χ2n) is 4.55. The lowest BCUT2D eigenvalue weighted by molar-refractivity contribution is 0.624. The van der Waals surface area contributed by atoms with Crippen LogP contribution in [0.2, 0.25) is 0 Å². The van der Waals surface area contributed by atoms with Crippen LogP contribution in [0.25, 0.3) is 17.1 Å². The van der Waals surface area contributed by atoms with Crippen molar-refractivity contribution in [2.24, 2.45) is 0 Å². The van der Waals surface area contributed by atoms with E-state index in [4.69, 9.17) is 5.73 Å². The molecule has 0 saturated heterocycles. The maximum Gasteiger partial charge on any atom is 0.189 e. The molecule has 0 amide bonds. The molecule has 0 atom stereocenters. The fraction of sp³-hybridized carbons (Fsp3) is 0.0714. The molecule has 0 radical (unpaired) electrons. The van der Waals surface area contributed by atoms with E-state index in [0.717, 1.165) is 11.1 Å². The minimum Gasteiger partial charge on any atom is -0.398 e. The molecular weight excluding hydrogens is 337 g/mol. The molecule has 2 aromatic carbocycles. The van der Waals surface area contributed by atoms with Crippen LogP contribution in [0.3, 0.4) is 0 Å². The Kier molecular flexibility index (Phi) is 3.42. The number of tetrazole rings is 1. The van der Waals surface area contributed by atoms with E-state index in [9.17, 15) is 4.39 Å². The maximum absolute atomic E-state index is 13.5. The molecule has 3 aromatic rings. The zero-order valence-electron chi connectivity index (χ0n) is 11.1. The number of hydrogen-bond acceptors (Lipinski definition) is 4. The highest BCUT2D eigenvalue weighted by atomic mass is 79.9. The van der Waals surface area contributed by atoms with Crippen LogP contribution in [0, 0.1) is 12.7 Å². The minimum atomic E-state index is -0.368. The van der Waals surface area contributed by atoms with Gasteiger partial charge in [-0.05, 0) is 57.0 Å². The van der Waals surface area contributed by atoms with E-state index < -0.39 is 0 Å². The summed E-state index contributed by atoms with van der Waals surface area (Å²) in [5, 5.41) is 11.7. The Labute approximate surface area is 128 Å². The first-order valence-electron chi connectivity index (χ1n) is 6.17. The molecule has 1 aromatic heterocycles. The van der Waals surface area contributed by atoms with Crippen molar-refractivity contribution in [3.8, 4) is 17.1 Å². The second kappa shape index (κ2) is 5.25. The van der Waals surface area contributed by atoms with Gasteiger partial charge in [0.2, 0.25) is 0 Å². The van der Waals surface area contributed by atoms with Crippen molar-refractivity contribution in [3.63, 3.8) is 0 Å². The quantitative estimate of drug-likeness (QED) is 0.723. The van der Waals surface area contributed by atoms with Crippen molar-refractivity contribution in [3.05, 3.63) is 52.3 Å². The third kappa shape index (κ3) is 2.40. The Morgan fingerprint density at radius 1 is 1.24 bits per heavy atom. The van der Waals surface area contributed by atoms with Gasteiger partial charge >= 0.3 is 0 Å². The molecule has 0 aliphatic heterocycles. The van der Waals surface area contributed by atoms with Gasteiger partial charge < -0.3 is 5.73 Å². The molecule has 0 spiro atoms. The molecule has 3 rings (SSSR count). The molecule has 0 bridgehead atoms. The van der Waals surface area contributed by atoms with Crippen LogP contribution in [0.1, 0.15) is 5.56 Å². The van der Waals surface area contributed by atoms with Gasteiger partial charge in [-0.3, -0.25) is 0 Å². The second-order valence-corrected chi connectivity index (χ2v) is 5.40. The van der Waals surface area contributed by atoms with E-state index in [1.165, 1.54) is 16.8 Å². The van der Waals surface area contributed by atoms with Gasteiger partial charge in [-0.1, -0.05) is 12.1 Å². The van der Waals surface area contributed by atoms with Crippen molar-refractivity contribution < 1.29 is 4.39 Å². The fourth-order valence-corrected chi connectivity index (χ4v) is 2.56. The number of nitrogens with two attached hydrogens (primary N) is 1. The summed E-state index contributed by atoms with van der Waals surface area (Å²) >= 11 is 3.38. The summed E-state index contributed by atoms with van der Waals surface area (Å²) in [5.41, 5.74) is 8.79. The molecule has 1 heterocycles. The molecule has 0 saturated carbocycles.